The highest BCUT2D eigenvalue weighted by atomic mass is 15.1. The van der Waals surface area contributed by atoms with E-state index < -0.39 is 0 Å². The minimum Gasteiger partial charge on any atom is -0.367 e. The van der Waals surface area contributed by atoms with Crippen molar-refractivity contribution in [1.29, 1.82) is 5.26 Å². The maximum atomic E-state index is 8.52. The van der Waals surface area contributed by atoms with Gasteiger partial charge in [0.2, 0.25) is 0 Å². The molecule has 1 N–H and O–H groups in total. The van der Waals surface area contributed by atoms with Gasteiger partial charge >= 0.3 is 0 Å². The first-order valence-electron chi connectivity index (χ1n) is 4.41. The molecule has 1 aromatic rings. The van der Waals surface area contributed by atoms with E-state index >= 15 is 0 Å². The van der Waals surface area contributed by atoms with Crippen molar-refractivity contribution in [3.63, 3.8) is 0 Å². The van der Waals surface area contributed by atoms with E-state index in [0.29, 0.717) is 12.5 Å². The topological polar surface area (TPSA) is 42.8 Å². The van der Waals surface area contributed by atoms with Gasteiger partial charge in [0.25, 0.3) is 0 Å². The number of nitriles is 1. The van der Waals surface area contributed by atoms with E-state index in [-0.39, 0.29) is 0 Å². The molecule has 0 aliphatic rings. The van der Waals surface area contributed by atoms with Gasteiger partial charge in [-0.3, -0.25) is 0 Å². The smallest absolute Gasteiger partial charge is 0.0622 e. The van der Waals surface area contributed by atoms with Gasteiger partial charge in [-0.05, 0) is 32.1 Å². The molecule has 0 spiro atoms. The lowest BCUT2D eigenvalue weighted by Crippen LogP contribution is -2.19. The summed E-state index contributed by atoms with van der Waals surface area (Å²) >= 11 is 0. The zero-order valence-corrected chi connectivity index (χ0v) is 8.12. The van der Waals surface area contributed by atoms with Crippen LogP contribution < -0.4 is 0 Å². The van der Waals surface area contributed by atoms with Gasteiger partial charge in [0.05, 0.1) is 6.07 Å². The first-order chi connectivity index (χ1) is 6.25. The molecule has 3 nitrogen and oxygen atoms in total. The number of hydrogen-bond donors (Lipinski definition) is 1. The molecular formula is C10H15N3. The lowest BCUT2D eigenvalue weighted by atomic mass is 10.0. The first-order valence-corrected chi connectivity index (χ1v) is 4.41. The molecule has 0 saturated carbocycles. The molecule has 0 aliphatic heterocycles. The van der Waals surface area contributed by atoms with Gasteiger partial charge in [0, 0.05) is 24.9 Å². The standard InChI is InChI=1S/C10H15N3/c1-13(2)10(4-3-6-11)9-5-7-12-8-9/h5,7-8,10,12H,3-4H2,1-2H3. The summed E-state index contributed by atoms with van der Waals surface area (Å²) in [5.41, 5.74) is 1.25. The highest BCUT2D eigenvalue weighted by Crippen LogP contribution is 2.22. The highest BCUT2D eigenvalue weighted by molar-refractivity contribution is 5.14. The quantitative estimate of drug-likeness (QED) is 0.763. The van der Waals surface area contributed by atoms with Gasteiger partial charge in [-0.15, -0.1) is 0 Å². The van der Waals surface area contributed by atoms with Crippen LogP contribution in [0.3, 0.4) is 0 Å². The van der Waals surface area contributed by atoms with E-state index in [0.717, 1.165) is 6.42 Å². The molecule has 0 saturated heterocycles. The number of aromatic nitrogens is 1. The molecule has 3 heteroatoms. The normalized spacial score (nSPS) is 12.8. The van der Waals surface area contributed by atoms with Crippen LogP contribution in [0, 0.1) is 11.3 Å². The summed E-state index contributed by atoms with van der Waals surface area (Å²) in [6.07, 6.45) is 5.40. The molecule has 0 aromatic carbocycles. The van der Waals surface area contributed by atoms with Crippen molar-refractivity contribution in [2.75, 3.05) is 14.1 Å². The number of H-pyrrole nitrogens is 1. The minimum absolute atomic E-state index is 0.353. The van der Waals surface area contributed by atoms with E-state index in [1.165, 1.54) is 5.56 Å². The molecule has 1 rings (SSSR count). The first kappa shape index (κ1) is 9.82. The molecule has 1 aromatic heterocycles. The zero-order valence-electron chi connectivity index (χ0n) is 8.12. The Morgan fingerprint density at radius 1 is 1.62 bits per heavy atom. The van der Waals surface area contributed by atoms with Gasteiger partial charge < -0.3 is 9.88 Å². The van der Waals surface area contributed by atoms with Crippen LogP contribution in [0.1, 0.15) is 24.4 Å². The molecule has 1 unspecified atom stereocenters. The zero-order chi connectivity index (χ0) is 9.68. The fourth-order valence-corrected chi connectivity index (χ4v) is 1.47. The van der Waals surface area contributed by atoms with E-state index in [2.05, 4.69) is 22.0 Å². The van der Waals surface area contributed by atoms with Crippen molar-refractivity contribution in [2.45, 2.75) is 18.9 Å². The van der Waals surface area contributed by atoms with E-state index in [9.17, 15) is 0 Å². The average molecular weight is 177 g/mol. The Morgan fingerprint density at radius 2 is 2.38 bits per heavy atom. The van der Waals surface area contributed by atoms with E-state index in [1.54, 1.807) is 0 Å². The summed E-state index contributed by atoms with van der Waals surface area (Å²) in [5, 5.41) is 8.52. The molecule has 13 heavy (non-hydrogen) atoms. The van der Waals surface area contributed by atoms with Crippen LogP contribution in [0.2, 0.25) is 0 Å². The fraction of sp³-hybridized carbons (Fsp3) is 0.500. The van der Waals surface area contributed by atoms with Crippen LogP contribution in [0.5, 0.6) is 0 Å². The van der Waals surface area contributed by atoms with Crippen molar-refractivity contribution in [3.8, 4) is 6.07 Å². The maximum Gasteiger partial charge on any atom is 0.0622 e. The third-order valence-electron chi connectivity index (χ3n) is 2.16. The monoisotopic (exact) mass is 177 g/mol. The molecule has 0 radical (unpaired) electrons. The van der Waals surface area contributed by atoms with Crippen LogP contribution in [-0.4, -0.2) is 24.0 Å². The minimum atomic E-state index is 0.353. The molecule has 0 amide bonds. The van der Waals surface area contributed by atoms with Crippen LogP contribution in [-0.2, 0) is 0 Å². The Balaban J connectivity index is 2.64. The predicted octanol–water partition coefficient (Wildman–Crippen LogP) is 1.92. The third-order valence-corrected chi connectivity index (χ3v) is 2.16. The second-order valence-corrected chi connectivity index (χ2v) is 3.32. The van der Waals surface area contributed by atoms with Gasteiger partial charge in [-0.2, -0.15) is 5.26 Å². The Hall–Kier alpha value is -1.27. The Morgan fingerprint density at radius 3 is 2.85 bits per heavy atom. The Kier molecular flexibility index (Phi) is 3.53. The van der Waals surface area contributed by atoms with Crippen molar-refractivity contribution in [2.24, 2.45) is 0 Å². The number of rotatable bonds is 4. The second-order valence-electron chi connectivity index (χ2n) is 3.32. The molecule has 70 valence electrons. The van der Waals surface area contributed by atoms with Gasteiger partial charge in [0.15, 0.2) is 0 Å². The summed E-state index contributed by atoms with van der Waals surface area (Å²) in [6, 6.07) is 4.59. The summed E-state index contributed by atoms with van der Waals surface area (Å²) < 4.78 is 0. The average Bonchev–Trinajstić information content (AvgIpc) is 2.57. The van der Waals surface area contributed by atoms with E-state index in [1.807, 2.05) is 26.5 Å². The van der Waals surface area contributed by atoms with Crippen molar-refractivity contribution >= 4 is 0 Å². The lowest BCUT2D eigenvalue weighted by molar-refractivity contribution is 0.286. The predicted molar refractivity (Wildman–Crippen MR) is 52.1 cm³/mol. The molecule has 1 atom stereocenters. The van der Waals surface area contributed by atoms with Crippen molar-refractivity contribution < 1.29 is 0 Å². The van der Waals surface area contributed by atoms with Crippen molar-refractivity contribution in [1.82, 2.24) is 9.88 Å². The summed E-state index contributed by atoms with van der Waals surface area (Å²) in [5.74, 6) is 0. The van der Waals surface area contributed by atoms with Crippen LogP contribution in [0.15, 0.2) is 18.5 Å². The van der Waals surface area contributed by atoms with Gasteiger partial charge in [-0.25, -0.2) is 0 Å². The lowest BCUT2D eigenvalue weighted by Gasteiger charge is -2.22. The number of nitrogens with zero attached hydrogens (tertiary/aromatic N) is 2. The number of nitrogens with one attached hydrogen (secondary N) is 1. The molecular weight excluding hydrogens is 162 g/mol. The van der Waals surface area contributed by atoms with E-state index in [4.69, 9.17) is 5.26 Å². The SMILES string of the molecule is CN(C)C(CCC#N)c1cc[nH]c1. The van der Waals surface area contributed by atoms with Crippen LogP contribution >= 0.6 is 0 Å². The number of aromatic amines is 1. The van der Waals surface area contributed by atoms with Gasteiger partial charge in [-0.1, -0.05) is 0 Å². The largest absolute Gasteiger partial charge is 0.367 e. The fourth-order valence-electron chi connectivity index (χ4n) is 1.47. The number of hydrogen-bond acceptors (Lipinski definition) is 2. The van der Waals surface area contributed by atoms with Crippen LogP contribution in [0.25, 0.3) is 0 Å². The maximum absolute atomic E-state index is 8.52. The molecule has 0 bridgehead atoms. The highest BCUT2D eigenvalue weighted by Gasteiger charge is 2.13. The Labute approximate surface area is 79.0 Å². The molecule has 1 heterocycles. The Bertz CT molecular complexity index is 269. The summed E-state index contributed by atoms with van der Waals surface area (Å²) in [4.78, 5) is 5.17. The third kappa shape index (κ3) is 2.60. The van der Waals surface area contributed by atoms with Gasteiger partial charge in [0.1, 0.15) is 0 Å². The van der Waals surface area contributed by atoms with Crippen molar-refractivity contribution in [3.05, 3.63) is 24.0 Å². The second kappa shape index (κ2) is 4.68. The molecule has 0 aliphatic carbocycles. The summed E-state index contributed by atoms with van der Waals surface area (Å²) in [7, 11) is 4.07. The molecule has 0 fully saturated rings. The van der Waals surface area contributed by atoms with Crippen LogP contribution in [0.4, 0.5) is 0 Å². The summed E-state index contributed by atoms with van der Waals surface area (Å²) in [6.45, 7) is 0.